The van der Waals surface area contributed by atoms with Crippen molar-refractivity contribution in [1.82, 2.24) is 15.6 Å². The zero-order valence-corrected chi connectivity index (χ0v) is 14.0. The normalized spacial score (nSPS) is 12.3. The van der Waals surface area contributed by atoms with Gasteiger partial charge in [0.15, 0.2) is 5.96 Å². The molecule has 1 heterocycles. The van der Waals surface area contributed by atoms with Crippen LogP contribution in [-0.4, -0.2) is 42.1 Å². The molecule has 0 fully saturated rings. The molecule has 4 nitrogen and oxygen atoms in total. The Morgan fingerprint density at radius 2 is 2.10 bits per heavy atom. The van der Waals surface area contributed by atoms with Crippen molar-refractivity contribution in [2.45, 2.75) is 31.9 Å². The molecule has 0 radical (unpaired) electrons. The lowest BCUT2D eigenvalue weighted by Crippen LogP contribution is -2.43. The molecule has 5 heteroatoms. The molecular weight excluding hydrogens is 268 g/mol. The molecule has 0 aliphatic heterocycles. The van der Waals surface area contributed by atoms with Crippen molar-refractivity contribution < 1.29 is 0 Å². The summed E-state index contributed by atoms with van der Waals surface area (Å²) in [6.07, 6.45) is 5.01. The standard InChI is InChI=1S/C15H26N4S/c1-12-6-7-13(10-18-12)8-9-17-14(16-4)19-11-15(2,3)20-5/h6-7,10H,8-9,11H2,1-5H3,(H2,16,17,19). The number of aryl methyl sites for hydroxylation is 1. The van der Waals surface area contributed by atoms with Crippen LogP contribution in [0.2, 0.25) is 0 Å². The fourth-order valence-corrected chi connectivity index (χ4v) is 1.78. The van der Waals surface area contributed by atoms with Crippen LogP contribution < -0.4 is 10.6 Å². The molecule has 0 saturated carbocycles. The Bertz CT molecular complexity index is 426. The van der Waals surface area contributed by atoms with Gasteiger partial charge in [0.1, 0.15) is 0 Å². The summed E-state index contributed by atoms with van der Waals surface area (Å²) in [7, 11) is 1.80. The maximum Gasteiger partial charge on any atom is 0.191 e. The first kappa shape index (κ1) is 16.8. The van der Waals surface area contributed by atoms with Crippen molar-refractivity contribution in [2.24, 2.45) is 4.99 Å². The van der Waals surface area contributed by atoms with Gasteiger partial charge in [0.25, 0.3) is 0 Å². The first-order chi connectivity index (χ1) is 9.46. The van der Waals surface area contributed by atoms with E-state index in [1.165, 1.54) is 5.56 Å². The van der Waals surface area contributed by atoms with Crippen molar-refractivity contribution in [1.29, 1.82) is 0 Å². The maximum atomic E-state index is 4.30. The van der Waals surface area contributed by atoms with Gasteiger partial charge in [0.05, 0.1) is 0 Å². The Labute approximate surface area is 126 Å². The second-order valence-corrected chi connectivity index (χ2v) is 6.89. The number of thioether (sulfide) groups is 1. The Kier molecular flexibility index (Phi) is 6.85. The lowest BCUT2D eigenvalue weighted by molar-refractivity contribution is 0.664. The monoisotopic (exact) mass is 294 g/mol. The SMILES string of the molecule is CN=C(NCCc1ccc(C)nc1)NCC(C)(C)SC. The van der Waals surface area contributed by atoms with Gasteiger partial charge in [-0.1, -0.05) is 6.07 Å². The lowest BCUT2D eigenvalue weighted by Gasteiger charge is -2.23. The summed E-state index contributed by atoms with van der Waals surface area (Å²) < 4.78 is 0.207. The number of nitrogens with zero attached hydrogens (tertiary/aromatic N) is 2. The summed E-state index contributed by atoms with van der Waals surface area (Å²) in [4.78, 5) is 8.54. The van der Waals surface area contributed by atoms with Gasteiger partial charge in [-0.15, -0.1) is 0 Å². The van der Waals surface area contributed by atoms with E-state index in [9.17, 15) is 0 Å². The molecule has 0 bridgehead atoms. The Hall–Kier alpha value is -1.23. The quantitative estimate of drug-likeness (QED) is 0.624. The second kappa shape index (κ2) is 8.15. The summed E-state index contributed by atoms with van der Waals surface area (Å²) >= 11 is 1.85. The molecule has 2 N–H and O–H groups in total. The Morgan fingerprint density at radius 3 is 2.65 bits per heavy atom. The third kappa shape index (κ3) is 6.28. The molecule has 0 saturated heterocycles. The molecule has 1 rings (SSSR count). The van der Waals surface area contributed by atoms with Crippen LogP contribution in [0.3, 0.4) is 0 Å². The fourth-order valence-electron chi connectivity index (χ4n) is 1.56. The van der Waals surface area contributed by atoms with E-state index >= 15 is 0 Å². The second-order valence-electron chi connectivity index (χ2n) is 5.37. The summed E-state index contributed by atoms with van der Waals surface area (Å²) in [6, 6.07) is 4.17. The van der Waals surface area contributed by atoms with Crippen molar-refractivity contribution >= 4 is 17.7 Å². The van der Waals surface area contributed by atoms with Gasteiger partial charge in [0.2, 0.25) is 0 Å². The zero-order valence-electron chi connectivity index (χ0n) is 13.2. The number of guanidine groups is 1. The molecule has 112 valence electrons. The van der Waals surface area contributed by atoms with Crippen LogP contribution in [0.1, 0.15) is 25.1 Å². The highest BCUT2D eigenvalue weighted by molar-refractivity contribution is 7.99. The molecule has 0 aliphatic carbocycles. The minimum absolute atomic E-state index is 0.207. The number of hydrogen-bond acceptors (Lipinski definition) is 3. The van der Waals surface area contributed by atoms with Crippen molar-refractivity contribution in [3.63, 3.8) is 0 Å². The molecule has 1 aromatic heterocycles. The third-order valence-electron chi connectivity index (χ3n) is 3.14. The summed E-state index contributed by atoms with van der Waals surface area (Å²) in [5.41, 5.74) is 2.29. The zero-order chi connectivity index (χ0) is 15.0. The van der Waals surface area contributed by atoms with Crippen LogP contribution in [0.5, 0.6) is 0 Å². The molecule has 0 spiro atoms. The Morgan fingerprint density at radius 1 is 1.35 bits per heavy atom. The molecule has 0 aliphatic rings. The van der Waals surface area contributed by atoms with E-state index in [2.05, 4.69) is 46.8 Å². The van der Waals surface area contributed by atoms with Crippen LogP contribution >= 0.6 is 11.8 Å². The number of nitrogens with one attached hydrogen (secondary N) is 2. The van der Waals surface area contributed by atoms with E-state index in [-0.39, 0.29) is 4.75 Å². The van der Waals surface area contributed by atoms with Gasteiger partial charge in [-0.3, -0.25) is 9.98 Å². The Balaban J connectivity index is 2.33. The summed E-state index contributed by atoms with van der Waals surface area (Å²) in [5, 5.41) is 6.69. The predicted molar refractivity (Wildman–Crippen MR) is 89.6 cm³/mol. The van der Waals surface area contributed by atoms with Gasteiger partial charge in [-0.25, -0.2) is 0 Å². The number of aliphatic imine (C=N–C) groups is 1. The van der Waals surface area contributed by atoms with Crippen molar-refractivity contribution in [3.8, 4) is 0 Å². The van der Waals surface area contributed by atoms with Crippen LogP contribution in [0, 0.1) is 6.92 Å². The minimum Gasteiger partial charge on any atom is -0.356 e. The van der Waals surface area contributed by atoms with Gasteiger partial charge < -0.3 is 10.6 Å². The molecule has 0 atom stereocenters. The largest absolute Gasteiger partial charge is 0.356 e. The molecule has 0 amide bonds. The average Bonchev–Trinajstić information content (AvgIpc) is 2.44. The molecule has 20 heavy (non-hydrogen) atoms. The molecule has 1 aromatic rings. The highest BCUT2D eigenvalue weighted by atomic mass is 32.2. The fraction of sp³-hybridized carbons (Fsp3) is 0.600. The number of hydrogen-bond donors (Lipinski definition) is 2. The number of rotatable bonds is 6. The van der Waals surface area contributed by atoms with Gasteiger partial charge >= 0.3 is 0 Å². The molecule has 0 aromatic carbocycles. The van der Waals surface area contributed by atoms with Crippen LogP contribution in [0.25, 0.3) is 0 Å². The van der Waals surface area contributed by atoms with E-state index in [1.807, 2.05) is 30.9 Å². The first-order valence-corrected chi connectivity index (χ1v) is 8.10. The third-order valence-corrected chi connectivity index (χ3v) is 4.39. The topological polar surface area (TPSA) is 49.3 Å². The summed E-state index contributed by atoms with van der Waals surface area (Å²) in [5.74, 6) is 0.854. The molecule has 0 unspecified atom stereocenters. The van der Waals surface area contributed by atoms with Crippen LogP contribution in [-0.2, 0) is 6.42 Å². The maximum absolute atomic E-state index is 4.30. The van der Waals surface area contributed by atoms with Gasteiger partial charge in [0, 0.05) is 36.8 Å². The predicted octanol–water partition coefficient (Wildman–Crippen LogP) is 2.24. The van der Waals surface area contributed by atoms with Gasteiger partial charge in [-0.2, -0.15) is 11.8 Å². The smallest absolute Gasteiger partial charge is 0.191 e. The van der Waals surface area contributed by atoms with Crippen molar-refractivity contribution in [2.75, 3.05) is 26.4 Å². The van der Waals surface area contributed by atoms with Crippen molar-refractivity contribution in [3.05, 3.63) is 29.6 Å². The van der Waals surface area contributed by atoms with E-state index in [0.717, 1.165) is 31.2 Å². The summed E-state index contributed by atoms with van der Waals surface area (Å²) in [6.45, 7) is 8.18. The lowest BCUT2D eigenvalue weighted by atomic mass is 10.2. The van der Waals surface area contributed by atoms with E-state index < -0.39 is 0 Å². The highest BCUT2D eigenvalue weighted by Crippen LogP contribution is 2.19. The van der Waals surface area contributed by atoms with Crippen LogP contribution in [0.4, 0.5) is 0 Å². The number of aromatic nitrogens is 1. The van der Waals surface area contributed by atoms with E-state index in [1.54, 1.807) is 7.05 Å². The highest BCUT2D eigenvalue weighted by Gasteiger charge is 2.15. The minimum atomic E-state index is 0.207. The van der Waals surface area contributed by atoms with E-state index in [4.69, 9.17) is 0 Å². The first-order valence-electron chi connectivity index (χ1n) is 6.88. The van der Waals surface area contributed by atoms with E-state index in [0.29, 0.717) is 0 Å². The van der Waals surface area contributed by atoms with Crippen LogP contribution in [0.15, 0.2) is 23.3 Å². The average molecular weight is 294 g/mol. The molecular formula is C15H26N4S. The van der Waals surface area contributed by atoms with Gasteiger partial charge in [-0.05, 0) is 45.1 Å². The number of pyridine rings is 1.